The number of rotatable bonds is 3. The average Bonchev–Trinajstić information content (AvgIpc) is 2.36. The third kappa shape index (κ3) is 2.38. The first-order chi connectivity index (χ1) is 5.18. The molecule has 0 aromatic rings. The highest BCUT2D eigenvalue weighted by atomic mass is 32.1. The van der Waals surface area contributed by atoms with Gasteiger partial charge in [0.25, 0.3) is 0 Å². The number of hydrogen-bond donors (Lipinski definition) is 1. The molecule has 0 amide bonds. The smallest absolute Gasteiger partial charge is 0.00397 e. The van der Waals surface area contributed by atoms with Crippen molar-refractivity contribution in [3.05, 3.63) is 0 Å². The van der Waals surface area contributed by atoms with Crippen LogP contribution in [0, 0.1) is 5.41 Å². The normalized spacial score (nSPS) is 22.9. The van der Waals surface area contributed by atoms with Crippen LogP contribution in [0.4, 0.5) is 0 Å². The Labute approximate surface area is 75.6 Å². The summed E-state index contributed by atoms with van der Waals surface area (Å²) in [6, 6.07) is 0. The van der Waals surface area contributed by atoms with Gasteiger partial charge in [-0.05, 0) is 38.1 Å². The van der Waals surface area contributed by atoms with Gasteiger partial charge in [0.2, 0.25) is 0 Å². The highest BCUT2D eigenvalue weighted by Gasteiger charge is 2.32. The van der Waals surface area contributed by atoms with Gasteiger partial charge < -0.3 is 4.90 Å². The van der Waals surface area contributed by atoms with Gasteiger partial charge in [-0.1, -0.05) is 12.8 Å². The van der Waals surface area contributed by atoms with Crippen LogP contribution in [-0.2, 0) is 0 Å². The van der Waals surface area contributed by atoms with Gasteiger partial charge in [-0.15, -0.1) is 0 Å². The summed E-state index contributed by atoms with van der Waals surface area (Å²) in [5, 5.41) is 0. The van der Waals surface area contributed by atoms with E-state index in [2.05, 4.69) is 31.6 Å². The van der Waals surface area contributed by atoms with E-state index in [4.69, 9.17) is 0 Å². The molecule has 1 aliphatic rings. The van der Waals surface area contributed by atoms with Crippen LogP contribution >= 0.6 is 12.6 Å². The molecule has 0 spiro atoms. The van der Waals surface area contributed by atoms with Gasteiger partial charge in [-0.3, -0.25) is 0 Å². The van der Waals surface area contributed by atoms with Gasteiger partial charge in [0.05, 0.1) is 0 Å². The summed E-state index contributed by atoms with van der Waals surface area (Å²) >= 11 is 4.45. The molecule has 11 heavy (non-hydrogen) atoms. The van der Waals surface area contributed by atoms with Crippen molar-refractivity contribution in [2.24, 2.45) is 5.41 Å². The van der Waals surface area contributed by atoms with Crippen molar-refractivity contribution in [2.45, 2.75) is 25.7 Å². The van der Waals surface area contributed by atoms with Gasteiger partial charge in [0, 0.05) is 6.54 Å². The fourth-order valence-corrected chi connectivity index (χ4v) is 2.58. The van der Waals surface area contributed by atoms with Crippen molar-refractivity contribution >= 4 is 12.6 Å². The molecule has 1 saturated carbocycles. The Morgan fingerprint density at radius 3 is 2.18 bits per heavy atom. The molecule has 2 heteroatoms. The van der Waals surface area contributed by atoms with E-state index >= 15 is 0 Å². The maximum Gasteiger partial charge on any atom is 0.00397 e. The van der Waals surface area contributed by atoms with E-state index in [1.54, 1.807) is 0 Å². The van der Waals surface area contributed by atoms with E-state index in [1.165, 1.54) is 32.2 Å². The summed E-state index contributed by atoms with van der Waals surface area (Å²) in [6.07, 6.45) is 5.59. The number of hydrogen-bond acceptors (Lipinski definition) is 2. The quantitative estimate of drug-likeness (QED) is 0.639. The molecule has 0 N–H and O–H groups in total. The standard InChI is InChI=1S/C9H19NS/c1-10(2)7-9(8-11)5-3-4-6-9/h11H,3-8H2,1-2H3. The second kappa shape index (κ2) is 3.81. The third-order valence-corrected chi connectivity index (χ3v) is 3.32. The van der Waals surface area contributed by atoms with Gasteiger partial charge in [0.15, 0.2) is 0 Å². The third-order valence-electron chi connectivity index (χ3n) is 2.65. The highest BCUT2D eigenvalue weighted by molar-refractivity contribution is 7.80. The number of nitrogens with zero attached hydrogens (tertiary/aromatic N) is 1. The Hall–Kier alpha value is 0.310. The monoisotopic (exact) mass is 173 g/mol. The zero-order chi connectivity index (χ0) is 8.32. The summed E-state index contributed by atoms with van der Waals surface area (Å²) in [4.78, 5) is 2.29. The fourth-order valence-electron chi connectivity index (χ4n) is 2.16. The largest absolute Gasteiger partial charge is 0.309 e. The Bertz CT molecular complexity index is 117. The SMILES string of the molecule is CN(C)CC1(CS)CCCC1. The van der Waals surface area contributed by atoms with Crippen LogP contribution in [-0.4, -0.2) is 31.3 Å². The molecular weight excluding hydrogens is 154 g/mol. The van der Waals surface area contributed by atoms with E-state index in [1.807, 2.05) is 0 Å². The first kappa shape index (κ1) is 9.40. The van der Waals surface area contributed by atoms with Crippen molar-refractivity contribution in [2.75, 3.05) is 26.4 Å². The van der Waals surface area contributed by atoms with E-state index in [0.717, 1.165) is 5.75 Å². The van der Waals surface area contributed by atoms with Gasteiger partial charge >= 0.3 is 0 Å². The van der Waals surface area contributed by atoms with Crippen LogP contribution in [0.5, 0.6) is 0 Å². The van der Waals surface area contributed by atoms with Gasteiger partial charge in [-0.2, -0.15) is 12.6 Å². The Balaban J connectivity index is 2.45. The predicted molar refractivity (Wildman–Crippen MR) is 53.3 cm³/mol. The molecule has 0 heterocycles. The van der Waals surface area contributed by atoms with Gasteiger partial charge in [0.1, 0.15) is 0 Å². The van der Waals surface area contributed by atoms with Crippen LogP contribution in [0.15, 0.2) is 0 Å². The minimum absolute atomic E-state index is 0.548. The lowest BCUT2D eigenvalue weighted by molar-refractivity contribution is 0.230. The lowest BCUT2D eigenvalue weighted by Crippen LogP contribution is -2.32. The zero-order valence-corrected chi connectivity index (χ0v) is 8.53. The predicted octanol–water partition coefficient (Wildman–Crippen LogP) is 2.04. The molecule has 1 nitrogen and oxygen atoms in total. The van der Waals surface area contributed by atoms with Gasteiger partial charge in [-0.25, -0.2) is 0 Å². The molecule has 0 saturated heterocycles. The van der Waals surface area contributed by atoms with Crippen LogP contribution < -0.4 is 0 Å². The summed E-state index contributed by atoms with van der Waals surface area (Å²) in [5.41, 5.74) is 0.548. The van der Waals surface area contributed by atoms with Crippen molar-refractivity contribution in [1.82, 2.24) is 4.90 Å². The summed E-state index contributed by atoms with van der Waals surface area (Å²) in [6.45, 7) is 1.22. The molecule has 0 aliphatic heterocycles. The molecule has 0 aromatic heterocycles. The fraction of sp³-hybridized carbons (Fsp3) is 1.00. The molecule has 0 bridgehead atoms. The molecule has 0 unspecified atom stereocenters. The molecule has 0 aromatic carbocycles. The first-order valence-electron chi connectivity index (χ1n) is 4.44. The molecule has 1 rings (SSSR count). The minimum atomic E-state index is 0.548. The number of thiol groups is 1. The van der Waals surface area contributed by atoms with Crippen molar-refractivity contribution < 1.29 is 0 Å². The maximum absolute atomic E-state index is 4.45. The van der Waals surface area contributed by atoms with Crippen molar-refractivity contribution in [1.29, 1.82) is 0 Å². The summed E-state index contributed by atoms with van der Waals surface area (Å²) in [5.74, 6) is 1.06. The molecule has 66 valence electrons. The lowest BCUT2D eigenvalue weighted by Gasteiger charge is -2.30. The minimum Gasteiger partial charge on any atom is -0.309 e. The Kier molecular flexibility index (Phi) is 3.26. The second-order valence-electron chi connectivity index (χ2n) is 4.10. The van der Waals surface area contributed by atoms with Crippen molar-refractivity contribution in [3.8, 4) is 0 Å². The van der Waals surface area contributed by atoms with Crippen LogP contribution in [0.25, 0.3) is 0 Å². The van der Waals surface area contributed by atoms with E-state index in [-0.39, 0.29) is 0 Å². The van der Waals surface area contributed by atoms with Crippen LogP contribution in [0.1, 0.15) is 25.7 Å². The lowest BCUT2D eigenvalue weighted by atomic mass is 9.88. The Morgan fingerprint density at radius 1 is 1.27 bits per heavy atom. The van der Waals surface area contributed by atoms with E-state index in [0.29, 0.717) is 5.41 Å². The summed E-state index contributed by atoms with van der Waals surface area (Å²) in [7, 11) is 4.31. The average molecular weight is 173 g/mol. The molecule has 1 fully saturated rings. The van der Waals surface area contributed by atoms with Crippen LogP contribution in [0.2, 0.25) is 0 Å². The molecule has 0 atom stereocenters. The van der Waals surface area contributed by atoms with Crippen LogP contribution in [0.3, 0.4) is 0 Å². The second-order valence-corrected chi connectivity index (χ2v) is 4.42. The van der Waals surface area contributed by atoms with E-state index < -0.39 is 0 Å². The first-order valence-corrected chi connectivity index (χ1v) is 5.07. The Morgan fingerprint density at radius 2 is 1.82 bits per heavy atom. The van der Waals surface area contributed by atoms with Crippen molar-refractivity contribution in [3.63, 3.8) is 0 Å². The zero-order valence-electron chi connectivity index (χ0n) is 7.64. The topological polar surface area (TPSA) is 3.24 Å². The molecule has 0 radical (unpaired) electrons. The van der Waals surface area contributed by atoms with E-state index in [9.17, 15) is 0 Å². The highest BCUT2D eigenvalue weighted by Crippen LogP contribution is 2.39. The maximum atomic E-state index is 4.45. The molecule has 1 aliphatic carbocycles. The molecular formula is C9H19NS. The summed E-state index contributed by atoms with van der Waals surface area (Å²) < 4.78 is 0.